The number of hydrogen-bond donors (Lipinski definition) is 3. The SMILES string of the molecule is CC1(C)CCC(O)(CNS(=O)(=O)CCC(=O)O)CC1. The van der Waals surface area contributed by atoms with Crippen LogP contribution in [0.25, 0.3) is 0 Å². The molecule has 0 spiro atoms. The van der Waals surface area contributed by atoms with Crippen LogP contribution in [0.15, 0.2) is 0 Å². The molecule has 112 valence electrons. The molecule has 0 amide bonds. The fourth-order valence-corrected chi connectivity index (χ4v) is 3.18. The molecule has 1 saturated carbocycles. The Hall–Kier alpha value is -0.660. The molecule has 0 atom stereocenters. The monoisotopic (exact) mass is 293 g/mol. The van der Waals surface area contributed by atoms with Gasteiger partial charge in [-0.25, -0.2) is 13.1 Å². The first-order valence-electron chi connectivity index (χ1n) is 6.45. The Kier molecular flexibility index (Phi) is 4.97. The van der Waals surface area contributed by atoms with Gasteiger partial charge in [0.2, 0.25) is 10.0 Å². The average Bonchev–Trinajstić information content (AvgIpc) is 2.29. The van der Waals surface area contributed by atoms with Gasteiger partial charge in [0.15, 0.2) is 0 Å². The van der Waals surface area contributed by atoms with Crippen LogP contribution in [0.4, 0.5) is 0 Å². The Morgan fingerprint density at radius 2 is 1.74 bits per heavy atom. The number of rotatable bonds is 6. The van der Waals surface area contributed by atoms with E-state index in [0.29, 0.717) is 12.8 Å². The molecule has 1 aliphatic rings. The molecule has 19 heavy (non-hydrogen) atoms. The number of aliphatic hydroxyl groups is 1. The molecular formula is C12H23NO5S. The summed E-state index contributed by atoms with van der Waals surface area (Å²) in [4.78, 5) is 10.3. The van der Waals surface area contributed by atoms with E-state index in [9.17, 15) is 18.3 Å². The molecule has 0 aromatic carbocycles. The van der Waals surface area contributed by atoms with Crippen molar-refractivity contribution in [3.05, 3.63) is 0 Å². The summed E-state index contributed by atoms with van der Waals surface area (Å²) in [5.74, 6) is -1.60. The van der Waals surface area contributed by atoms with E-state index in [4.69, 9.17) is 5.11 Å². The van der Waals surface area contributed by atoms with E-state index in [-0.39, 0.29) is 12.0 Å². The van der Waals surface area contributed by atoms with Crippen LogP contribution in [-0.2, 0) is 14.8 Å². The predicted octanol–water partition coefficient (Wildman–Crippen LogP) is 0.712. The summed E-state index contributed by atoms with van der Waals surface area (Å²) < 4.78 is 25.4. The number of aliphatic carboxylic acids is 1. The molecule has 0 heterocycles. The van der Waals surface area contributed by atoms with Crippen molar-refractivity contribution in [1.82, 2.24) is 4.72 Å². The maximum Gasteiger partial charge on any atom is 0.304 e. The molecule has 6 nitrogen and oxygen atoms in total. The topological polar surface area (TPSA) is 104 Å². The van der Waals surface area contributed by atoms with Crippen LogP contribution in [0, 0.1) is 5.41 Å². The summed E-state index contributed by atoms with van der Waals surface area (Å²) in [6, 6.07) is 0. The van der Waals surface area contributed by atoms with Crippen LogP contribution in [0.3, 0.4) is 0 Å². The standard InChI is InChI=1S/C12H23NO5S/c1-11(2)4-6-12(16,7-5-11)9-13-19(17,18)8-3-10(14)15/h13,16H,3-9H2,1-2H3,(H,14,15). The molecule has 1 aliphatic carbocycles. The van der Waals surface area contributed by atoms with Gasteiger partial charge in [-0.15, -0.1) is 0 Å². The Morgan fingerprint density at radius 1 is 1.21 bits per heavy atom. The molecule has 0 bridgehead atoms. The number of carboxylic acids is 1. The normalized spacial score (nSPS) is 22.1. The fraction of sp³-hybridized carbons (Fsp3) is 0.917. The molecule has 1 rings (SSSR count). The van der Waals surface area contributed by atoms with E-state index in [1.165, 1.54) is 0 Å². The number of carboxylic acid groups (broad SMARTS) is 1. The van der Waals surface area contributed by atoms with E-state index >= 15 is 0 Å². The minimum absolute atomic E-state index is 0.0367. The second kappa shape index (κ2) is 5.76. The molecule has 0 aliphatic heterocycles. The zero-order valence-corrected chi connectivity index (χ0v) is 12.3. The highest BCUT2D eigenvalue weighted by Gasteiger charge is 2.37. The Bertz CT molecular complexity index is 419. The molecule has 0 radical (unpaired) electrons. The van der Waals surface area contributed by atoms with Gasteiger partial charge >= 0.3 is 5.97 Å². The lowest BCUT2D eigenvalue weighted by molar-refractivity contribution is -0.136. The van der Waals surface area contributed by atoms with Gasteiger partial charge in [-0.2, -0.15) is 0 Å². The fourth-order valence-electron chi connectivity index (χ4n) is 2.11. The van der Waals surface area contributed by atoms with Gasteiger partial charge in [0.25, 0.3) is 0 Å². The van der Waals surface area contributed by atoms with Gasteiger partial charge in [0.05, 0.1) is 17.8 Å². The highest BCUT2D eigenvalue weighted by Crippen LogP contribution is 2.39. The Morgan fingerprint density at radius 3 is 2.21 bits per heavy atom. The minimum atomic E-state index is -3.63. The van der Waals surface area contributed by atoms with E-state index in [1.54, 1.807) is 0 Å². The van der Waals surface area contributed by atoms with E-state index in [2.05, 4.69) is 18.6 Å². The molecule has 7 heteroatoms. The maximum atomic E-state index is 11.6. The molecule has 3 N–H and O–H groups in total. The Labute approximate surface area is 114 Å². The summed E-state index contributed by atoms with van der Waals surface area (Å²) in [5.41, 5.74) is -0.819. The molecule has 0 saturated heterocycles. The average molecular weight is 293 g/mol. The summed E-state index contributed by atoms with van der Waals surface area (Å²) in [5, 5.41) is 18.8. The van der Waals surface area contributed by atoms with Gasteiger partial charge < -0.3 is 10.2 Å². The third-order valence-electron chi connectivity index (χ3n) is 3.74. The maximum absolute atomic E-state index is 11.6. The second-order valence-electron chi connectivity index (χ2n) is 6.17. The lowest BCUT2D eigenvalue weighted by Gasteiger charge is -2.40. The van der Waals surface area contributed by atoms with Gasteiger partial charge in [-0.3, -0.25) is 4.79 Å². The summed E-state index contributed by atoms with van der Waals surface area (Å²) >= 11 is 0. The zero-order chi connectivity index (χ0) is 14.7. The first kappa shape index (κ1) is 16.4. The first-order valence-corrected chi connectivity index (χ1v) is 8.10. The third-order valence-corrected chi connectivity index (χ3v) is 5.07. The van der Waals surface area contributed by atoms with Crippen LogP contribution < -0.4 is 4.72 Å². The lowest BCUT2D eigenvalue weighted by Crippen LogP contribution is -2.47. The van der Waals surface area contributed by atoms with Gasteiger partial charge in [0, 0.05) is 6.54 Å². The third kappa shape index (κ3) is 5.88. The number of hydrogen-bond acceptors (Lipinski definition) is 4. The molecule has 1 fully saturated rings. The summed E-state index contributed by atoms with van der Waals surface area (Å²) in [6.07, 6.45) is 2.38. The van der Waals surface area contributed by atoms with Crippen molar-refractivity contribution in [3.8, 4) is 0 Å². The second-order valence-corrected chi connectivity index (χ2v) is 8.10. The van der Waals surface area contributed by atoms with Crippen LogP contribution in [-0.4, -0.2) is 42.5 Å². The zero-order valence-electron chi connectivity index (χ0n) is 11.5. The van der Waals surface area contributed by atoms with E-state index in [1.807, 2.05) is 0 Å². The lowest BCUT2D eigenvalue weighted by atomic mass is 9.71. The van der Waals surface area contributed by atoms with Gasteiger partial charge in [-0.1, -0.05) is 13.8 Å². The first-order chi connectivity index (χ1) is 8.54. The summed E-state index contributed by atoms with van der Waals surface area (Å²) in [7, 11) is -3.63. The van der Waals surface area contributed by atoms with Crippen molar-refractivity contribution >= 4 is 16.0 Å². The highest BCUT2D eigenvalue weighted by atomic mass is 32.2. The van der Waals surface area contributed by atoms with E-state index in [0.717, 1.165) is 12.8 Å². The Balaban J connectivity index is 2.45. The number of sulfonamides is 1. The highest BCUT2D eigenvalue weighted by molar-refractivity contribution is 7.89. The molecule has 0 aromatic rings. The van der Waals surface area contributed by atoms with Crippen molar-refractivity contribution in [2.24, 2.45) is 5.41 Å². The van der Waals surface area contributed by atoms with Crippen molar-refractivity contribution < 1.29 is 23.4 Å². The van der Waals surface area contributed by atoms with Gasteiger partial charge in [0.1, 0.15) is 0 Å². The van der Waals surface area contributed by atoms with Crippen LogP contribution in [0.2, 0.25) is 0 Å². The minimum Gasteiger partial charge on any atom is -0.481 e. The number of nitrogens with one attached hydrogen (secondary N) is 1. The van der Waals surface area contributed by atoms with Crippen molar-refractivity contribution in [2.75, 3.05) is 12.3 Å². The summed E-state index contributed by atoms with van der Waals surface area (Å²) in [6.45, 7) is 4.22. The van der Waals surface area contributed by atoms with Crippen LogP contribution in [0.1, 0.15) is 46.0 Å². The van der Waals surface area contributed by atoms with Gasteiger partial charge in [-0.05, 0) is 31.1 Å². The quantitative estimate of drug-likeness (QED) is 0.669. The van der Waals surface area contributed by atoms with Crippen molar-refractivity contribution in [1.29, 1.82) is 0 Å². The smallest absolute Gasteiger partial charge is 0.304 e. The van der Waals surface area contributed by atoms with Crippen LogP contribution >= 0.6 is 0 Å². The molecule has 0 unspecified atom stereocenters. The van der Waals surface area contributed by atoms with Crippen molar-refractivity contribution in [3.63, 3.8) is 0 Å². The molecule has 0 aromatic heterocycles. The predicted molar refractivity (Wildman–Crippen MR) is 71.2 cm³/mol. The van der Waals surface area contributed by atoms with Crippen LogP contribution in [0.5, 0.6) is 0 Å². The number of carbonyl (C=O) groups is 1. The van der Waals surface area contributed by atoms with E-state index < -0.39 is 33.8 Å². The largest absolute Gasteiger partial charge is 0.481 e. The molecular weight excluding hydrogens is 270 g/mol. The van der Waals surface area contributed by atoms with Crippen molar-refractivity contribution in [2.45, 2.75) is 51.6 Å².